The third-order valence-corrected chi connectivity index (χ3v) is 5.73. The molecule has 1 aromatic carbocycles. The Morgan fingerprint density at radius 2 is 1.38 bits per heavy atom. The van der Waals surface area contributed by atoms with E-state index in [2.05, 4.69) is 5.32 Å². The molecule has 0 amide bonds. The summed E-state index contributed by atoms with van der Waals surface area (Å²) in [5.41, 5.74) is 1.08. The first-order valence-electron chi connectivity index (χ1n) is 8.45. The van der Waals surface area contributed by atoms with E-state index < -0.39 is 0 Å². The van der Waals surface area contributed by atoms with Crippen LogP contribution in [0.15, 0.2) is 18.2 Å². The summed E-state index contributed by atoms with van der Waals surface area (Å²) in [5.74, 6) is 1.75. The Morgan fingerprint density at radius 1 is 0.762 bits per heavy atom. The van der Waals surface area contributed by atoms with Crippen LogP contribution in [0.1, 0.15) is 57.8 Å². The van der Waals surface area contributed by atoms with Gasteiger partial charge in [-0.05, 0) is 42.9 Å². The third-order valence-electron chi connectivity index (χ3n) is 5.29. The minimum atomic E-state index is 0.594. The third kappa shape index (κ3) is 4.07. The van der Waals surface area contributed by atoms with Gasteiger partial charge in [0.1, 0.15) is 0 Å². The number of hydrogen-bond acceptors (Lipinski definition) is 1. The Kier molecular flexibility index (Phi) is 5.34. The van der Waals surface area contributed by atoms with Crippen molar-refractivity contribution in [3.63, 3.8) is 0 Å². The van der Waals surface area contributed by atoms with E-state index in [1.165, 1.54) is 57.8 Å². The van der Waals surface area contributed by atoms with E-state index in [0.29, 0.717) is 6.04 Å². The Bertz CT molecular complexity index is 448. The van der Waals surface area contributed by atoms with E-state index in [4.69, 9.17) is 23.2 Å². The maximum Gasteiger partial charge on any atom is 0.0441 e. The lowest BCUT2D eigenvalue weighted by Gasteiger charge is -2.40. The molecule has 2 atom stereocenters. The Labute approximate surface area is 138 Å². The van der Waals surface area contributed by atoms with Crippen LogP contribution in [0.3, 0.4) is 0 Å². The summed E-state index contributed by atoms with van der Waals surface area (Å²) in [5, 5.41) is 5.18. The average molecular weight is 326 g/mol. The molecule has 0 radical (unpaired) electrons. The van der Waals surface area contributed by atoms with Crippen molar-refractivity contribution in [1.29, 1.82) is 0 Å². The van der Waals surface area contributed by atoms with Crippen LogP contribution < -0.4 is 5.32 Å². The molecule has 2 saturated carbocycles. The van der Waals surface area contributed by atoms with Crippen LogP contribution in [0, 0.1) is 11.8 Å². The van der Waals surface area contributed by atoms with Crippen LogP contribution in [-0.2, 0) is 0 Å². The van der Waals surface area contributed by atoms with E-state index in [0.717, 1.165) is 27.6 Å². The lowest BCUT2D eigenvalue weighted by Crippen LogP contribution is -2.37. The molecule has 2 unspecified atom stereocenters. The second-order valence-corrected chi connectivity index (χ2v) is 7.63. The first-order chi connectivity index (χ1) is 10.2. The molecule has 2 aliphatic rings. The molecule has 1 N–H and O–H groups in total. The smallest absolute Gasteiger partial charge is 0.0441 e. The number of benzene rings is 1. The van der Waals surface area contributed by atoms with Crippen molar-refractivity contribution in [3.8, 4) is 0 Å². The average Bonchev–Trinajstić information content (AvgIpc) is 2.48. The first kappa shape index (κ1) is 15.5. The summed E-state index contributed by atoms with van der Waals surface area (Å²) in [6, 6.07) is 6.39. The number of halogens is 2. The van der Waals surface area contributed by atoms with E-state index >= 15 is 0 Å². The van der Waals surface area contributed by atoms with Gasteiger partial charge in [0.05, 0.1) is 0 Å². The molecule has 1 nitrogen and oxygen atoms in total. The maximum absolute atomic E-state index is 6.13. The van der Waals surface area contributed by atoms with Gasteiger partial charge in [0, 0.05) is 21.8 Å². The molecule has 3 heteroatoms. The molecule has 21 heavy (non-hydrogen) atoms. The Balaban J connectivity index is 1.71. The molecule has 0 heterocycles. The molecule has 0 spiro atoms. The van der Waals surface area contributed by atoms with Crippen LogP contribution in [0.25, 0.3) is 0 Å². The van der Waals surface area contributed by atoms with Gasteiger partial charge in [-0.1, -0.05) is 68.1 Å². The summed E-state index contributed by atoms with van der Waals surface area (Å²) >= 11 is 12.3. The molecule has 1 aromatic rings. The summed E-state index contributed by atoms with van der Waals surface area (Å²) < 4.78 is 0. The van der Waals surface area contributed by atoms with Gasteiger partial charge in [0.2, 0.25) is 0 Å². The van der Waals surface area contributed by atoms with Gasteiger partial charge < -0.3 is 5.32 Å². The van der Waals surface area contributed by atoms with Crippen molar-refractivity contribution in [2.24, 2.45) is 11.8 Å². The fraction of sp³-hybridized carbons (Fsp3) is 0.667. The number of nitrogens with one attached hydrogen (secondary N) is 1. The Hall–Kier alpha value is -0.400. The van der Waals surface area contributed by atoms with Crippen molar-refractivity contribution in [2.75, 3.05) is 5.32 Å². The van der Waals surface area contributed by atoms with Gasteiger partial charge in [-0.3, -0.25) is 0 Å². The van der Waals surface area contributed by atoms with Crippen LogP contribution in [0.5, 0.6) is 0 Å². The summed E-state index contributed by atoms with van der Waals surface area (Å²) in [7, 11) is 0. The van der Waals surface area contributed by atoms with Crippen LogP contribution in [-0.4, -0.2) is 6.04 Å². The molecule has 0 bridgehead atoms. The fourth-order valence-corrected chi connectivity index (χ4v) is 4.84. The SMILES string of the molecule is Clc1cc(Cl)cc(NC2CCCCC2C2CCCCC2)c1. The normalized spacial score (nSPS) is 27.5. The van der Waals surface area contributed by atoms with Crippen LogP contribution in [0.4, 0.5) is 5.69 Å². The van der Waals surface area contributed by atoms with Crippen LogP contribution >= 0.6 is 23.2 Å². The quantitative estimate of drug-likeness (QED) is 0.664. The second-order valence-electron chi connectivity index (χ2n) is 6.76. The molecular weight excluding hydrogens is 301 g/mol. The summed E-state index contributed by atoms with van der Waals surface area (Å²) in [6.45, 7) is 0. The fourth-order valence-electron chi connectivity index (χ4n) is 4.32. The van der Waals surface area contributed by atoms with E-state index in [1.807, 2.05) is 12.1 Å². The monoisotopic (exact) mass is 325 g/mol. The number of rotatable bonds is 3. The van der Waals surface area contributed by atoms with Crippen molar-refractivity contribution >= 4 is 28.9 Å². The zero-order valence-electron chi connectivity index (χ0n) is 12.6. The van der Waals surface area contributed by atoms with Gasteiger partial charge in [0.25, 0.3) is 0 Å². The topological polar surface area (TPSA) is 12.0 Å². The van der Waals surface area contributed by atoms with Gasteiger partial charge >= 0.3 is 0 Å². The molecular formula is C18H25Cl2N. The highest BCUT2D eigenvalue weighted by atomic mass is 35.5. The lowest BCUT2D eigenvalue weighted by molar-refractivity contribution is 0.180. The van der Waals surface area contributed by atoms with Gasteiger partial charge in [-0.25, -0.2) is 0 Å². The molecule has 0 aliphatic heterocycles. The van der Waals surface area contributed by atoms with Crippen molar-refractivity contribution in [2.45, 2.75) is 63.8 Å². The second kappa shape index (κ2) is 7.24. The molecule has 2 aliphatic carbocycles. The van der Waals surface area contributed by atoms with Gasteiger partial charge in [0.15, 0.2) is 0 Å². The lowest BCUT2D eigenvalue weighted by atomic mass is 9.71. The predicted octanol–water partition coefficient (Wildman–Crippen LogP) is 6.54. The molecule has 116 valence electrons. The molecule has 0 aromatic heterocycles. The van der Waals surface area contributed by atoms with Crippen molar-refractivity contribution in [3.05, 3.63) is 28.2 Å². The summed E-state index contributed by atoms with van der Waals surface area (Å²) in [6.07, 6.45) is 12.6. The molecule has 3 rings (SSSR count). The minimum Gasteiger partial charge on any atom is -0.382 e. The molecule has 2 fully saturated rings. The zero-order valence-corrected chi connectivity index (χ0v) is 14.1. The number of hydrogen-bond donors (Lipinski definition) is 1. The summed E-state index contributed by atoms with van der Waals surface area (Å²) in [4.78, 5) is 0. The maximum atomic E-state index is 6.13. The van der Waals surface area contributed by atoms with Gasteiger partial charge in [-0.15, -0.1) is 0 Å². The van der Waals surface area contributed by atoms with Gasteiger partial charge in [-0.2, -0.15) is 0 Å². The minimum absolute atomic E-state index is 0.594. The predicted molar refractivity (Wildman–Crippen MR) is 92.4 cm³/mol. The van der Waals surface area contributed by atoms with Crippen LogP contribution in [0.2, 0.25) is 10.0 Å². The van der Waals surface area contributed by atoms with Crippen molar-refractivity contribution in [1.82, 2.24) is 0 Å². The highest BCUT2D eigenvalue weighted by molar-refractivity contribution is 6.35. The largest absolute Gasteiger partial charge is 0.382 e. The zero-order chi connectivity index (χ0) is 14.7. The standard InChI is InChI=1S/C18H25Cl2N/c19-14-10-15(20)12-16(11-14)21-18-9-5-4-8-17(18)13-6-2-1-3-7-13/h10-13,17-18,21H,1-9H2. The number of anilines is 1. The molecule has 0 saturated heterocycles. The highest BCUT2D eigenvalue weighted by Gasteiger charge is 2.32. The van der Waals surface area contributed by atoms with E-state index in [9.17, 15) is 0 Å². The van der Waals surface area contributed by atoms with E-state index in [-0.39, 0.29) is 0 Å². The van der Waals surface area contributed by atoms with Crippen molar-refractivity contribution < 1.29 is 0 Å². The Morgan fingerprint density at radius 3 is 2.10 bits per heavy atom. The van der Waals surface area contributed by atoms with E-state index in [1.54, 1.807) is 6.07 Å². The first-order valence-corrected chi connectivity index (χ1v) is 9.20. The highest BCUT2D eigenvalue weighted by Crippen LogP contribution is 2.39.